The van der Waals surface area contributed by atoms with Crippen molar-refractivity contribution in [3.8, 4) is 0 Å². The Morgan fingerprint density at radius 3 is 2.81 bits per heavy atom. The number of alkyl carbamates (subject to hydrolysis) is 1. The van der Waals surface area contributed by atoms with Gasteiger partial charge in [0.1, 0.15) is 5.60 Å². The fourth-order valence-corrected chi connectivity index (χ4v) is 2.65. The standard InChI is InChI=1S/C17H26N2O2/c1-12(19-16(20)21-17(2,3)4)11-18-15-10-9-13-7-5-6-8-14(13)15/h5-8,12,15,18H,9-11H2,1-4H3,(H,19,20). The number of amides is 1. The van der Waals surface area contributed by atoms with Gasteiger partial charge in [0.2, 0.25) is 0 Å². The predicted octanol–water partition coefficient (Wildman–Crippen LogP) is 3.18. The molecule has 2 N–H and O–H groups in total. The van der Waals surface area contributed by atoms with Crippen LogP contribution < -0.4 is 10.6 Å². The van der Waals surface area contributed by atoms with Gasteiger partial charge in [-0.05, 0) is 51.7 Å². The number of fused-ring (bicyclic) bond motifs is 1. The summed E-state index contributed by atoms with van der Waals surface area (Å²) < 4.78 is 5.26. The Labute approximate surface area is 127 Å². The maximum atomic E-state index is 11.7. The van der Waals surface area contributed by atoms with Gasteiger partial charge in [0.15, 0.2) is 0 Å². The SMILES string of the molecule is CC(CNC1CCc2ccccc21)NC(=O)OC(C)(C)C. The van der Waals surface area contributed by atoms with Crippen LogP contribution in [0.1, 0.15) is 51.3 Å². The smallest absolute Gasteiger partial charge is 0.407 e. The van der Waals surface area contributed by atoms with Crippen molar-refractivity contribution < 1.29 is 9.53 Å². The summed E-state index contributed by atoms with van der Waals surface area (Å²) in [7, 11) is 0. The minimum absolute atomic E-state index is 0.0348. The lowest BCUT2D eigenvalue weighted by atomic mass is 10.1. The van der Waals surface area contributed by atoms with Crippen molar-refractivity contribution in [2.45, 2.75) is 58.2 Å². The Bertz CT molecular complexity index is 494. The van der Waals surface area contributed by atoms with Gasteiger partial charge in [0, 0.05) is 18.6 Å². The van der Waals surface area contributed by atoms with Crippen molar-refractivity contribution >= 4 is 6.09 Å². The summed E-state index contributed by atoms with van der Waals surface area (Å²) in [6.45, 7) is 8.32. The van der Waals surface area contributed by atoms with Crippen LogP contribution in [0, 0.1) is 0 Å². The lowest BCUT2D eigenvalue weighted by Crippen LogP contribution is -2.43. The Kier molecular flexibility index (Phi) is 4.88. The molecule has 0 aromatic heterocycles. The van der Waals surface area contributed by atoms with E-state index in [-0.39, 0.29) is 12.1 Å². The minimum Gasteiger partial charge on any atom is -0.444 e. The topological polar surface area (TPSA) is 50.4 Å². The lowest BCUT2D eigenvalue weighted by Gasteiger charge is -2.23. The summed E-state index contributed by atoms with van der Waals surface area (Å²) in [6.07, 6.45) is 1.89. The molecular formula is C17H26N2O2. The summed E-state index contributed by atoms with van der Waals surface area (Å²) >= 11 is 0. The van der Waals surface area contributed by atoms with Gasteiger partial charge < -0.3 is 15.4 Å². The number of ether oxygens (including phenoxy) is 1. The van der Waals surface area contributed by atoms with Gasteiger partial charge in [0.05, 0.1) is 0 Å². The highest BCUT2D eigenvalue weighted by atomic mass is 16.6. The first-order valence-corrected chi connectivity index (χ1v) is 7.66. The second-order valence-electron chi connectivity index (χ2n) is 6.75. The van der Waals surface area contributed by atoms with Crippen LogP contribution in [0.2, 0.25) is 0 Å². The van der Waals surface area contributed by atoms with Gasteiger partial charge >= 0.3 is 6.09 Å². The molecule has 1 aromatic carbocycles. The zero-order valence-electron chi connectivity index (χ0n) is 13.4. The van der Waals surface area contributed by atoms with E-state index in [2.05, 4.69) is 34.9 Å². The molecule has 1 aromatic rings. The third-order valence-corrected chi connectivity index (χ3v) is 3.57. The lowest BCUT2D eigenvalue weighted by molar-refractivity contribution is 0.0507. The molecule has 4 nitrogen and oxygen atoms in total. The highest BCUT2D eigenvalue weighted by molar-refractivity contribution is 5.68. The number of hydrogen-bond donors (Lipinski definition) is 2. The normalized spacial score (nSPS) is 19.0. The first-order valence-electron chi connectivity index (χ1n) is 7.66. The number of carbonyl (C=O) groups is 1. The number of rotatable bonds is 4. The largest absolute Gasteiger partial charge is 0.444 e. The van der Waals surface area contributed by atoms with Crippen LogP contribution >= 0.6 is 0 Å². The highest BCUT2D eigenvalue weighted by Crippen LogP contribution is 2.30. The van der Waals surface area contributed by atoms with Crippen LogP contribution in [0.25, 0.3) is 0 Å². The molecule has 4 heteroatoms. The van der Waals surface area contributed by atoms with Gasteiger partial charge in [-0.15, -0.1) is 0 Å². The minimum atomic E-state index is -0.457. The molecule has 0 fully saturated rings. The third kappa shape index (κ3) is 4.74. The van der Waals surface area contributed by atoms with E-state index in [0.717, 1.165) is 19.4 Å². The third-order valence-electron chi connectivity index (χ3n) is 3.57. The van der Waals surface area contributed by atoms with Gasteiger partial charge in [0.25, 0.3) is 0 Å². The van der Waals surface area contributed by atoms with Crippen LogP contribution in [-0.2, 0) is 11.2 Å². The summed E-state index contributed by atoms with van der Waals surface area (Å²) in [6, 6.07) is 8.98. The highest BCUT2D eigenvalue weighted by Gasteiger charge is 2.22. The summed E-state index contributed by atoms with van der Waals surface area (Å²) in [5.41, 5.74) is 2.37. The Hall–Kier alpha value is -1.55. The molecule has 116 valence electrons. The first kappa shape index (κ1) is 15.8. The molecular weight excluding hydrogens is 264 g/mol. The fraction of sp³-hybridized carbons (Fsp3) is 0.588. The maximum absolute atomic E-state index is 11.7. The van der Waals surface area contributed by atoms with Crippen LogP contribution in [0.5, 0.6) is 0 Å². The van der Waals surface area contributed by atoms with Crippen molar-refractivity contribution in [2.75, 3.05) is 6.54 Å². The molecule has 0 saturated carbocycles. The van der Waals surface area contributed by atoms with Crippen molar-refractivity contribution in [3.05, 3.63) is 35.4 Å². The summed E-state index contributed by atoms with van der Waals surface area (Å²) in [5, 5.41) is 6.40. The van der Waals surface area contributed by atoms with Crippen molar-refractivity contribution in [1.29, 1.82) is 0 Å². The molecule has 2 unspecified atom stereocenters. The summed E-state index contributed by atoms with van der Waals surface area (Å²) in [4.78, 5) is 11.7. The number of nitrogens with one attached hydrogen (secondary N) is 2. The van der Waals surface area contributed by atoms with Crippen molar-refractivity contribution in [3.63, 3.8) is 0 Å². The van der Waals surface area contributed by atoms with Crippen LogP contribution in [-0.4, -0.2) is 24.3 Å². The monoisotopic (exact) mass is 290 g/mol. The van der Waals surface area contributed by atoms with E-state index in [1.807, 2.05) is 27.7 Å². The molecule has 0 spiro atoms. The molecule has 1 aliphatic rings. The van der Waals surface area contributed by atoms with E-state index in [9.17, 15) is 4.79 Å². The molecule has 0 bridgehead atoms. The Morgan fingerprint density at radius 1 is 1.38 bits per heavy atom. The van der Waals surface area contributed by atoms with Gasteiger partial charge in [-0.25, -0.2) is 4.79 Å². The van der Waals surface area contributed by atoms with Crippen LogP contribution in [0.15, 0.2) is 24.3 Å². The molecule has 0 radical (unpaired) electrons. The predicted molar refractivity (Wildman–Crippen MR) is 84.3 cm³/mol. The van der Waals surface area contributed by atoms with Gasteiger partial charge in [-0.1, -0.05) is 24.3 Å². The molecule has 21 heavy (non-hydrogen) atoms. The number of benzene rings is 1. The van der Waals surface area contributed by atoms with E-state index in [1.165, 1.54) is 11.1 Å². The van der Waals surface area contributed by atoms with Crippen LogP contribution in [0.3, 0.4) is 0 Å². The Balaban J connectivity index is 1.78. The fourth-order valence-electron chi connectivity index (χ4n) is 2.65. The quantitative estimate of drug-likeness (QED) is 0.895. The van der Waals surface area contributed by atoms with E-state index in [1.54, 1.807) is 0 Å². The second-order valence-corrected chi connectivity index (χ2v) is 6.75. The molecule has 0 heterocycles. The maximum Gasteiger partial charge on any atom is 0.407 e. The van der Waals surface area contributed by atoms with E-state index in [4.69, 9.17) is 4.74 Å². The first-order chi connectivity index (χ1) is 9.85. The molecule has 1 aliphatic carbocycles. The number of hydrogen-bond acceptors (Lipinski definition) is 3. The average molecular weight is 290 g/mol. The van der Waals surface area contributed by atoms with E-state index >= 15 is 0 Å². The Morgan fingerprint density at radius 2 is 2.10 bits per heavy atom. The van der Waals surface area contributed by atoms with Gasteiger partial charge in [-0.3, -0.25) is 0 Å². The molecule has 0 saturated heterocycles. The van der Waals surface area contributed by atoms with Gasteiger partial charge in [-0.2, -0.15) is 0 Å². The average Bonchev–Trinajstić information content (AvgIpc) is 2.77. The molecule has 2 atom stereocenters. The number of carbonyl (C=O) groups excluding carboxylic acids is 1. The summed E-state index contributed by atoms with van der Waals surface area (Å²) in [5.74, 6) is 0. The van der Waals surface area contributed by atoms with Crippen LogP contribution in [0.4, 0.5) is 4.79 Å². The number of aryl methyl sites for hydroxylation is 1. The van der Waals surface area contributed by atoms with E-state index < -0.39 is 5.60 Å². The zero-order valence-corrected chi connectivity index (χ0v) is 13.4. The molecule has 1 amide bonds. The van der Waals surface area contributed by atoms with E-state index in [0.29, 0.717) is 6.04 Å². The molecule has 2 rings (SSSR count). The molecule has 0 aliphatic heterocycles. The second kappa shape index (κ2) is 6.48. The van der Waals surface area contributed by atoms with Crippen molar-refractivity contribution in [1.82, 2.24) is 10.6 Å². The van der Waals surface area contributed by atoms with Crippen molar-refractivity contribution in [2.24, 2.45) is 0 Å². The zero-order chi connectivity index (χ0) is 15.5.